The molecule has 0 unspecified atom stereocenters. The molecule has 0 radical (unpaired) electrons. The fourth-order valence-electron chi connectivity index (χ4n) is 1.92. The molecule has 18 heavy (non-hydrogen) atoms. The van der Waals surface area contributed by atoms with Crippen molar-refractivity contribution >= 4 is 21.9 Å². The van der Waals surface area contributed by atoms with Gasteiger partial charge in [-0.1, -0.05) is 28.1 Å². The van der Waals surface area contributed by atoms with Gasteiger partial charge in [-0.3, -0.25) is 4.57 Å². The van der Waals surface area contributed by atoms with Gasteiger partial charge >= 0.3 is 0 Å². The third kappa shape index (κ3) is 2.90. The third-order valence-electron chi connectivity index (χ3n) is 2.73. The summed E-state index contributed by atoms with van der Waals surface area (Å²) in [4.78, 5) is 0. The Labute approximate surface area is 116 Å². The lowest BCUT2D eigenvalue weighted by Gasteiger charge is -2.08. The van der Waals surface area contributed by atoms with Gasteiger partial charge < -0.3 is 5.32 Å². The van der Waals surface area contributed by atoms with Crippen LogP contribution in [0.25, 0.3) is 0 Å². The van der Waals surface area contributed by atoms with Gasteiger partial charge in [-0.25, -0.2) is 0 Å². The highest BCUT2D eigenvalue weighted by molar-refractivity contribution is 9.10. The van der Waals surface area contributed by atoms with Gasteiger partial charge in [0.2, 0.25) is 5.95 Å². The van der Waals surface area contributed by atoms with Crippen LogP contribution in [0.5, 0.6) is 0 Å². The number of nitrogens with one attached hydrogen (secondary N) is 1. The van der Waals surface area contributed by atoms with Gasteiger partial charge in [-0.15, -0.1) is 10.2 Å². The van der Waals surface area contributed by atoms with Crippen LogP contribution in [0.1, 0.15) is 25.2 Å². The van der Waals surface area contributed by atoms with Crippen molar-refractivity contribution < 1.29 is 0 Å². The molecule has 0 amide bonds. The van der Waals surface area contributed by atoms with Crippen molar-refractivity contribution in [3.05, 3.63) is 40.1 Å². The predicted molar refractivity (Wildman–Crippen MR) is 76.8 cm³/mol. The van der Waals surface area contributed by atoms with Crippen molar-refractivity contribution in [1.29, 1.82) is 0 Å². The molecule has 96 valence electrons. The molecule has 0 spiro atoms. The second-order valence-electron chi connectivity index (χ2n) is 4.02. The molecular formula is C13H17BrN4. The summed E-state index contributed by atoms with van der Waals surface area (Å²) >= 11 is 3.49. The number of hydrogen-bond acceptors (Lipinski definition) is 3. The van der Waals surface area contributed by atoms with Crippen LogP contribution < -0.4 is 5.32 Å². The Morgan fingerprint density at radius 1 is 1.28 bits per heavy atom. The van der Waals surface area contributed by atoms with Crippen molar-refractivity contribution in [3.8, 4) is 0 Å². The van der Waals surface area contributed by atoms with E-state index < -0.39 is 0 Å². The SMILES string of the molecule is CCNc1nnc(Cc2cccc(Br)c2)n1CC. The van der Waals surface area contributed by atoms with Crippen molar-refractivity contribution in [3.63, 3.8) is 0 Å². The van der Waals surface area contributed by atoms with Gasteiger partial charge in [-0.05, 0) is 31.5 Å². The summed E-state index contributed by atoms with van der Waals surface area (Å²) in [5.74, 6) is 1.84. The fourth-order valence-corrected chi connectivity index (χ4v) is 2.36. The summed E-state index contributed by atoms with van der Waals surface area (Å²) in [7, 11) is 0. The van der Waals surface area contributed by atoms with E-state index in [-0.39, 0.29) is 0 Å². The van der Waals surface area contributed by atoms with E-state index in [2.05, 4.69) is 62.0 Å². The van der Waals surface area contributed by atoms with Crippen molar-refractivity contribution in [2.45, 2.75) is 26.8 Å². The molecule has 0 bridgehead atoms. The van der Waals surface area contributed by atoms with Crippen LogP contribution >= 0.6 is 15.9 Å². The number of nitrogens with zero attached hydrogens (tertiary/aromatic N) is 3. The number of hydrogen-bond donors (Lipinski definition) is 1. The smallest absolute Gasteiger partial charge is 0.224 e. The van der Waals surface area contributed by atoms with Crippen molar-refractivity contribution in [2.75, 3.05) is 11.9 Å². The molecule has 0 atom stereocenters. The van der Waals surface area contributed by atoms with Gasteiger partial charge in [0.05, 0.1) is 0 Å². The Morgan fingerprint density at radius 3 is 2.78 bits per heavy atom. The minimum absolute atomic E-state index is 0.797. The lowest BCUT2D eigenvalue weighted by molar-refractivity contribution is 0.716. The molecule has 0 aliphatic heterocycles. The standard InChI is InChI=1S/C13H17BrN4/c1-3-15-13-17-16-12(18(13)4-2)9-10-6-5-7-11(14)8-10/h5-8H,3-4,9H2,1-2H3,(H,15,17). The van der Waals surface area contributed by atoms with Crippen LogP contribution in [-0.2, 0) is 13.0 Å². The fraction of sp³-hybridized carbons (Fsp3) is 0.385. The summed E-state index contributed by atoms with van der Waals surface area (Å²) in [6.45, 7) is 5.89. The average molecular weight is 309 g/mol. The van der Waals surface area contributed by atoms with E-state index in [0.717, 1.165) is 35.8 Å². The zero-order chi connectivity index (χ0) is 13.0. The summed E-state index contributed by atoms with van der Waals surface area (Å²) < 4.78 is 3.21. The number of halogens is 1. The second-order valence-corrected chi connectivity index (χ2v) is 4.94. The number of anilines is 1. The molecule has 0 saturated heterocycles. The Hall–Kier alpha value is -1.36. The first-order valence-electron chi connectivity index (χ1n) is 6.15. The second kappa shape index (κ2) is 6.00. The minimum Gasteiger partial charge on any atom is -0.355 e. The molecular weight excluding hydrogens is 292 g/mol. The Morgan fingerprint density at radius 2 is 2.11 bits per heavy atom. The summed E-state index contributed by atoms with van der Waals surface area (Å²) in [5.41, 5.74) is 1.23. The largest absolute Gasteiger partial charge is 0.355 e. The molecule has 0 saturated carbocycles. The van der Waals surface area contributed by atoms with Crippen LogP contribution in [0, 0.1) is 0 Å². The van der Waals surface area contributed by atoms with E-state index in [1.54, 1.807) is 0 Å². The van der Waals surface area contributed by atoms with Crippen LogP contribution in [0.4, 0.5) is 5.95 Å². The van der Waals surface area contributed by atoms with Crippen LogP contribution in [0.3, 0.4) is 0 Å². The quantitative estimate of drug-likeness (QED) is 0.923. The molecule has 1 N–H and O–H groups in total. The van der Waals surface area contributed by atoms with E-state index >= 15 is 0 Å². The van der Waals surface area contributed by atoms with E-state index in [1.165, 1.54) is 5.56 Å². The van der Waals surface area contributed by atoms with Gasteiger partial charge in [0, 0.05) is 24.0 Å². The highest BCUT2D eigenvalue weighted by Crippen LogP contribution is 2.16. The Kier molecular flexibility index (Phi) is 4.36. The topological polar surface area (TPSA) is 42.7 Å². The van der Waals surface area contributed by atoms with Crippen LogP contribution in [-0.4, -0.2) is 21.3 Å². The molecule has 4 nitrogen and oxygen atoms in total. The molecule has 2 aromatic rings. The van der Waals surface area contributed by atoms with Gasteiger partial charge in [0.15, 0.2) is 0 Å². The zero-order valence-corrected chi connectivity index (χ0v) is 12.2. The van der Waals surface area contributed by atoms with E-state index in [4.69, 9.17) is 0 Å². The first-order chi connectivity index (χ1) is 8.74. The number of benzene rings is 1. The van der Waals surface area contributed by atoms with E-state index in [0.29, 0.717) is 0 Å². The van der Waals surface area contributed by atoms with Crippen molar-refractivity contribution in [1.82, 2.24) is 14.8 Å². The van der Waals surface area contributed by atoms with Gasteiger partial charge in [0.1, 0.15) is 5.82 Å². The summed E-state index contributed by atoms with van der Waals surface area (Å²) in [6, 6.07) is 8.28. The molecule has 0 fully saturated rings. The van der Waals surface area contributed by atoms with Crippen LogP contribution in [0.15, 0.2) is 28.7 Å². The Bertz CT molecular complexity index is 521. The maximum Gasteiger partial charge on any atom is 0.224 e. The molecule has 0 aliphatic rings. The third-order valence-corrected chi connectivity index (χ3v) is 3.22. The normalized spacial score (nSPS) is 10.6. The molecule has 0 aliphatic carbocycles. The maximum atomic E-state index is 4.27. The molecule has 2 rings (SSSR count). The van der Waals surface area contributed by atoms with Crippen LogP contribution in [0.2, 0.25) is 0 Å². The van der Waals surface area contributed by atoms with E-state index in [1.807, 2.05) is 12.1 Å². The first kappa shape index (κ1) is 13.1. The van der Waals surface area contributed by atoms with E-state index in [9.17, 15) is 0 Å². The van der Waals surface area contributed by atoms with Crippen molar-refractivity contribution in [2.24, 2.45) is 0 Å². The van der Waals surface area contributed by atoms with Gasteiger partial charge in [-0.2, -0.15) is 0 Å². The lowest BCUT2D eigenvalue weighted by Crippen LogP contribution is -2.08. The summed E-state index contributed by atoms with van der Waals surface area (Å²) in [6.07, 6.45) is 0.797. The molecule has 1 aromatic carbocycles. The predicted octanol–water partition coefficient (Wildman–Crippen LogP) is 3.08. The number of aromatic nitrogens is 3. The van der Waals surface area contributed by atoms with Gasteiger partial charge in [0.25, 0.3) is 0 Å². The lowest BCUT2D eigenvalue weighted by atomic mass is 10.1. The molecule has 5 heteroatoms. The molecule has 1 heterocycles. The Balaban J connectivity index is 2.23. The first-order valence-corrected chi connectivity index (χ1v) is 6.94. The number of rotatable bonds is 5. The maximum absolute atomic E-state index is 4.27. The minimum atomic E-state index is 0.797. The monoisotopic (exact) mass is 308 g/mol. The zero-order valence-electron chi connectivity index (χ0n) is 10.7. The average Bonchev–Trinajstić information content (AvgIpc) is 2.72. The highest BCUT2D eigenvalue weighted by Gasteiger charge is 2.10. The summed E-state index contributed by atoms with van der Waals surface area (Å²) in [5, 5.41) is 11.7. The highest BCUT2D eigenvalue weighted by atomic mass is 79.9. The molecule has 1 aromatic heterocycles.